The molecule has 0 unspecified atom stereocenters. The Morgan fingerprint density at radius 1 is 0.419 bits per heavy atom. The molecule has 0 aliphatic carbocycles. The number of aliphatic hydroxyl groups excluding tert-OH is 4. The second kappa shape index (κ2) is 61.8. The van der Waals surface area contributed by atoms with E-state index >= 15 is 4.79 Å². The molecule has 0 radical (unpaired) electrons. The van der Waals surface area contributed by atoms with E-state index in [1.54, 1.807) is 110 Å². The first-order valence-electron chi connectivity index (χ1n) is 49.2. The number of aromatic nitrogens is 2. The minimum atomic E-state index is -2.03. The summed E-state index contributed by atoms with van der Waals surface area (Å²) in [5.74, 6) is -26.2. The molecule has 6 rings (SSSR count). The molecule has 818 valence electrons. The number of carbonyl (C=O) groups excluding carboxylic acids is 21. The van der Waals surface area contributed by atoms with E-state index in [1.165, 1.54) is 11.8 Å². The lowest BCUT2D eigenvalue weighted by molar-refractivity contribution is -0.143. The second-order valence-corrected chi connectivity index (χ2v) is 38.0. The van der Waals surface area contributed by atoms with Gasteiger partial charge in [-0.05, 0) is 146 Å². The number of nitrogens with zero attached hydrogens (tertiary/aromatic N) is 1. The molecule has 30 N–H and O–H groups in total. The topological polar surface area (TPSA) is 792 Å². The molecule has 0 spiro atoms. The van der Waals surface area contributed by atoms with Gasteiger partial charge in [0.15, 0.2) is 0 Å². The van der Waals surface area contributed by atoms with Crippen molar-refractivity contribution in [2.75, 3.05) is 59.0 Å². The summed E-state index contributed by atoms with van der Waals surface area (Å²) in [7, 11) is 0. The summed E-state index contributed by atoms with van der Waals surface area (Å²) in [4.78, 5) is 314. The molecule has 2 aromatic heterocycles. The lowest BCUT2D eigenvalue weighted by atomic mass is 9.98. The normalized spacial score (nSPS) is 24.7. The van der Waals surface area contributed by atoms with Crippen molar-refractivity contribution >= 4 is 152 Å². The number of benzene rings is 2. The highest BCUT2D eigenvalue weighted by Crippen LogP contribution is 2.25. The van der Waals surface area contributed by atoms with Gasteiger partial charge >= 0.3 is 5.97 Å². The Bertz CT molecular complexity index is 5330. The highest BCUT2D eigenvalue weighted by Gasteiger charge is 2.43. The van der Waals surface area contributed by atoms with Crippen molar-refractivity contribution in [2.45, 2.75) is 283 Å². The Labute approximate surface area is 856 Å². The van der Waals surface area contributed by atoms with Gasteiger partial charge in [0.05, 0.1) is 71.0 Å². The van der Waals surface area contributed by atoms with Crippen LogP contribution in [0.5, 0.6) is 0 Å². The third-order valence-electron chi connectivity index (χ3n) is 24.0. The van der Waals surface area contributed by atoms with Crippen molar-refractivity contribution in [1.82, 2.24) is 116 Å². The number of amides is 21. The number of carbonyl (C=O) groups is 22. The van der Waals surface area contributed by atoms with E-state index in [-0.39, 0.29) is 89.1 Å². The minimum absolute atomic E-state index is 0.0273. The number of unbranched alkanes of at least 4 members (excludes halogenated alkanes) is 1. The van der Waals surface area contributed by atoms with E-state index in [4.69, 9.17) is 11.5 Å². The lowest BCUT2D eigenvalue weighted by Gasteiger charge is -2.30. The third-order valence-corrected chi connectivity index (χ3v) is 24.0. The monoisotopic (exact) mass is 2080 g/mol. The summed E-state index contributed by atoms with van der Waals surface area (Å²) < 4.78 is 0. The zero-order valence-corrected chi connectivity index (χ0v) is 85.9. The SMILES string of the molecule is CC=C(C)C.CC[C@H](C)[C@@H]1NC(=O)CNC(=O)CNC(=O)[C@H]([C@@H](C)O)NC(=O)[C@H](CC(C)C)NC(=O)[C@H](CC(C)C)NC(=O)[C@H](CCCCN)NC(=O)[C@H](Cc2c[nH]c3ccccc23)NC(=O)[C@H](CC(=O)O)NC(=O)[C@H](CC(C)C)NC(=O)CNC(=O)[C@H]([C@@H](C)O)NC(=O)CNC(=O)[C@H](CC(N)=O)NC(=O)CNC(=O)[C@H](Cc2c[nH]c3ccccc23)NC(=O)[C@@H]2CCCN2C(=O)[C@H](CO)NC(=O)[C@H](C)NC(=O)[C@H](CO)NC1=O. The number of nitrogens with one attached hydrogen (secondary N) is 21. The highest BCUT2D eigenvalue weighted by molar-refractivity contribution is 6.03. The number of aromatic amines is 2. The molecule has 0 bridgehead atoms. The van der Waals surface area contributed by atoms with Crippen molar-refractivity contribution in [3.63, 3.8) is 0 Å². The first-order valence-corrected chi connectivity index (χ1v) is 49.2. The van der Waals surface area contributed by atoms with Crippen molar-refractivity contribution in [2.24, 2.45) is 35.1 Å². The minimum Gasteiger partial charge on any atom is -0.481 e. The van der Waals surface area contributed by atoms with Crippen molar-refractivity contribution in [3.05, 3.63) is 83.7 Å². The Balaban J connectivity index is 0.00000751. The van der Waals surface area contributed by atoms with E-state index in [0.717, 1.165) is 25.7 Å². The van der Waals surface area contributed by atoms with Gasteiger partial charge in [0.2, 0.25) is 124 Å². The van der Waals surface area contributed by atoms with Crippen LogP contribution < -0.4 is 112 Å². The molecule has 148 heavy (non-hydrogen) atoms. The van der Waals surface area contributed by atoms with Gasteiger partial charge in [0.25, 0.3) is 0 Å². The van der Waals surface area contributed by atoms with Gasteiger partial charge in [-0.2, -0.15) is 0 Å². The van der Waals surface area contributed by atoms with Crippen molar-refractivity contribution in [1.29, 1.82) is 0 Å². The van der Waals surface area contributed by atoms with Gasteiger partial charge in [-0.25, -0.2) is 0 Å². The van der Waals surface area contributed by atoms with Crippen LogP contribution in [0.4, 0.5) is 0 Å². The maximum atomic E-state index is 15.1. The number of aliphatic carboxylic acids is 1. The van der Waals surface area contributed by atoms with E-state index in [0.29, 0.717) is 39.4 Å². The molecule has 51 nitrogen and oxygen atoms in total. The van der Waals surface area contributed by atoms with Crippen LogP contribution in [0.2, 0.25) is 0 Å². The molecule has 2 fully saturated rings. The number of carboxylic acid groups (broad SMARTS) is 1. The molecule has 4 heterocycles. The predicted octanol–water partition coefficient (Wildman–Crippen LogP) is -6.79. The van der Waals surface area contributed by atoms with Crippen molar-refractivity contribution < 1.29 is 131 Å². The average Bonchev–Trinajstić information content (AvgIpc) is 1.67. The smallest absolute Gasteiger partial charge is 0.305 e. The Hall–Kier alpha value is -14.6. The number of rotatable bonds is 24. The van der Waals surface area contributed by atoms with E-state index in [9.17, 15) is 126 Å². The fourth-order valence-corrected chi connectivity index (χ4v) is 15.7. The van der Waals surface area contributed by atoms with Crippen LogP contribution in [0.15, 0.2) is 72.6 Å². The molecule has 0 saturated carbocycles. The van der Waals surface area contributed by atoms with E-state index < -0.39 is 303 Å². The Morgan fingerprint density at radius 3 is 1.26 bits per heavy atom. The zero-order chi connectivity index (χ0) is 111. The van der Waals surface area contributed by atoms with Crippen LogP contribution in [0.3, 0.4) is 0 Å². The number of nitrogens with two attached hydrogens (primary N) is 2. The second-order valence-electron chi connectivity index (χ2n) is 38.0. The van der Waals surface area contributed by atoms with Gasteiger partial charge in [0, 0.05) is 53.6 Å². The number of allylic oxidation sites excluding steroid dienone is 2. The largest absolute Gasteiger partial charge is 0.481 e. The number of carboxylic acids is 1. The average molecular weight is 2080 g/mol. The quantitative estimate of drug-likeness (QED) is 0.0229. The number of hydrogen-bond acceptors (Lipinski definition) is 27. The molecule has 18 atom stereocenters. The summed E-state index contributed by atoms with van der Waals surface area (Å²) in [5, 5.41) is 99.4. The van der Waals surface area contributed by atoms with Gasteiger partial charge in [-0.1, -0.05) is 110 Å². The first kappa shape index (κ1) is 124. The van der Waals surface area contributed by atoms with Crippen LogP contribution in [0.1, 0.15) is 179 Å². The summed E-state index contributed by atoms with van der Waals surface area (Å²) in [6.07, 6.45) is -0.667. The number of H-pyrrole nitrogens is 2. The highest BCUT2D eigenvalue weighted by atomic mass is 16.4. The summed E-state index contributed by atoms with van der Waals surface area (Å²) in [5.41, 5.74) is 14.8. The zero-order valence-electron chi connectivity index (χ0n) is 85.9. The molecule has 21 amide bonds. The number of primary amides is 1. The summed E-state index contributed by atoms with van der Waals surface area (Å²) in [6.45, 7) is 16.0. The number of fused-ring (bicyclic) bond motifs is 3. The number of aliphatic hydroxyl groups is 4. The molecule has 2 aliphatic heterocycles. The van der Waals surface area contributed by atoms with Gasteiger partial charge in [-0.3, -0.25) is 105 Å². The Morgan fingerprint density at radius 2 is 0.791 bits per heavy atom. The fourth-order valence-electron chi connectivity index (χ4n) is 15.7. The number of hydrogen-bond donors (Lipinski definition) is 28. The molecule has 4 aromatic rings. The number of para-hydroxylation sites is 2. The van der Waals surface area contributed by atoms with Crippen LogP contribution in [-0.2, 0) is 118 Å². The Kier molecular flexibility index (Phi) is 51.7. The molecule has 2 aromatic carbocycles. The van der Waals surface area contributed by atoms with Crippen molar-refractivity contribution in [3.8, 4) is 0 Å². The van der Waals surface area contributed by atoms with Crippen LogP contribution in [0.25, 0.3) is 21.8 Å². The first-order chi connectivity index (χ1) is 69.8. The van der Waals surface area contributed by atoms with Crippen LogP contribution in [-0.4, -0.2) is 332 Å². The molecule has 51 heteroatoms. The van der Waals surface area contributed by atoms with Gasteiger partial charge < -0.3 is 153 Å². The van der Waals surface area contributed by atoms with E-state index in [1.807, 2.05) is 6.92 Å². The predicted molar refractivity (Wildman–Crippen MR) is 536 cm³/mol. The maximum Gasteiger partial charge on any atom is 0.305 e. The van der Waals surface area contributed by atoms with Gasteiger partial charge in [-0.15, -0.1) is 0 Å². The molecule has 2 saturated heterocycles. The summed E-state index contributed by atoms with van der Waals surface area (Å²) >= 11 is 0. The third kappa shape index (κ3) is 41.0. The lowest BCUT2D eigenvalue weighted by Crippen LogP contribution is -2.61. The molecular weight excluding hydrogens is 1930 g/mol. The van der Waals surface area contributed by atoms with Gasteiger partial charge in [0.1, 0.15) is 90.6 Å². The van der Waals surface area contributed by atoms with Crippen LogP contribution in [0, 0.1) is 23.7 Å². The van der Waals surface area contributed by atoms with E-state index in [2.05, 4.69) is 131 Å². The molecule has 2 aliphatic rings. The summed E-state index contributed by atoms with van der Waals surface area (Å²) in [6, 6.07) is -11.4. The molecular formula is C97H148N24O27. The fraction of sp³-hybridized carbons (Fsp3) is 0.588. The van der Waals surface area contributed by atoms with Crippen LogP contribution >= 0.6 is 0 Å². The maximum absolute atomic E-state index is 15.1. The standard InChI is InChI=1S/C92H138N24O27.C5H10/c1-12-47(8)75-91(142)111-65(42-117)87(138)102-48(9)78(129)112-66(43-118)92(143)116-27-19-25-67(116)88(139)110-61(31-51-35-95-55-22-15-13-20-53(51)55)79(130)98-39-70(123)104-63(33-68(94)121)80(131)99-41-73(126)114-76(49(10)119)89(140)101-40-71(124)103-58(28-44(2)3)82(133)109-64(34-74(127)128)85(136)108-62(32-52-36-96-56-23-16-14-21-54(52)56)84(135)105-57(24-17-18-26-93)81(132)106-59(29-45(4)5)83(134)107-60(30-46(6)7)86(137)115-77(50(11)120)90(141)100-37-69(122)97-38-72(125)113-75;1-4-5(2)3/h13-16,20-23,35-36,44-50,57-67,75-77,95-96,117-120H,12,17-19,24-34,37-43,93H2,1-11H3,(H2,94,121)(H,97,122)(H,98,130)(H,99,131)(H,100,141)(H,101,140)(H,102,138)(H,103,124)(H,104,123)(H,105,135)(H,106,132)(H,107,134)(H,108,136)(H,109,133)(H,110,139)(H,111,142)(H,112,129)(H,113,125)(H,114,126)(H,115,137)(H,127,128);4H,1-3H3/t47-,48-,49+,50+,57-,58-,59-,60-,61-,62-,63-,64-,65-,66-,67-,75-,76-,77-;/m0./s1.